The molecule has 3 aromatic rings. The first-order valence-electron chi connectivity index (χ1n) is 7.02. The summed E-state index contributed by atoms with van der Waals surface area (Å²) in [5.74, 6) is 0.376. The van der Waals surface area contributed by atoms with Crippen LogP contribution in [0.4, 0.5) is 0 Å². The number of rotatable bonds is 3. The summed E-state index contributed by atoms with van der Waals surface area (Å²) < 4.78 is 27.9. The van der Waals surface area contributed by atoms with Gasteiger partial charge in [-0.3, -0.25) is 0 Å². The zero-order chi connectivity index (χ0) is 15.9. The monoisotopic (exact) mass is 377 g/mol. The Balaban J connectivity index is 2.11. The molecular formula is C17H16BrNO2S. The van der Waals surface area contributed by atoms with Crippen molar-refractivity contribution in [2.75, 3.05) is 0 Å². The van der Waals surface area contributed by atoms with Gasteiger partial charge >= 0.3 is 0 Å². The normalized spacial score (nSPS) is 12.2. The van der Waals surface area contributed by atoms with Crippen molar-refractivity contribution < 1.29 is 8.42 Å². The lowest BCUT2D eigenvalue weighted by Gasteiger charge is -2.10. The maximum atomic E-state index is 12.8. The first-order chi connectivity index (χ1) is 10.4. The highest BCUT2D eigenvalue weighted by molar-refractivity contribution is 9.10. The Morgan fingerprint density at radius 2 is 1.68 bits per heavy atom. The molecule has 0 spiro atoms. The minimum absolute atomic E-state index is 0.303. The van der Waals surface area contributed by atoms with Crippen LogP contribution in [0.1, 0.15) is 25.3 Å². The molecule has 3 rings (SSSR count). The lowest BCUT2D eigenvalue weighted by atomic mass is 10.0. The quantitative estimate of drug-likeness (QED) is 0.659. The molecule has 3 nitrogen and oxygen atoms in total. The van der Waals surface area contributed by atoms with E-state index in [9.17, 15) is 8.42 Å². The van der Waals surface area contributed by atoms with E-state index in [2.05, 4.69) is 29.8 Å². The van der Waals surface area contributed by atoms with Crippen LogP contribution in [-0.2, 0) is 10.0 Å². The van der Waals surface area contributed by atoms with Gasteiger partial charge in [0.25, 0.3) is 10.0 Å². The Morgan fingerprint density at radius 3 is 2.32 bits per heavy atom. The minimum atomic E-state index is -3.58. The van der Waals surface area contributed by atoms with Crippen molar-refractivity contribution in [3.8, 4) is 0 Å². The van der Waals surface area contributed by atoms with Gasteiger partial charge in [0.2, 0.25) is 0 Å². The second kappa shape index (κ2) is 5.56. The van der Waals surface area contributed by atoms with Gasteiger partial charge < -0.3 is 0 Å². The fraction of sp³-hybridized carbons (Fsp3) is 0.176. The molecule has 0 N–H and O–H groups in total. The van der Waals surface area contributed by atoms with E-state index in [0.717, 1.165) is 15.4 Å². The summed E-state index contributed by atoms with van der Waals surface area (Å²) in [5.41, 5.74) is 1.80. The van der Waals surface area contributed by atoms with Crippen LogP contribution >= 0.6 is 15.9 Å². The highest BCUT2D eigenvalue weighted by atomic mass is 79.9. The van der Waals surface area contributed by atoms with Crippen LogP contribution < -0.4 is 0 Å². The van der Waals surface area contributed by atoms with Crippen molar-refractivity contribution in [2.45, 2.75) is 24.7 Å². The molecule has 0 atom stereocenters. The SMILES string of the molecule is CC(C)c1ccc(S(=O)(=O)n2ccc3cc(Br)ccc32)cc1. The number of fused-ring (bicyclic) bond motifs is 1. The van der Waals surface area contributed by atoms with Gasteiger partial charge in [-0.05, 0) is 47.9 Å². The largest absolute Gasteiger partial charge is 0.268 e. The highest BCUT2D eigenvalue weighted by Gasteiger charge is 2.19. The smallest absolute Gasteiger partial charge is 0.241 e. The summed E-state index contributed by atoms with van der Waals surface area (Å²) in [6, 6.07) is 14.5. The van der Waals surface area contributed by atoms with E-state index >= 15 is 0 Å². The van der Waals surface area contributed by atoms with Crippen molar-refractivity contribution in [1.29, 1.82) is 0 Å². The number of hydrogen-bond acceptors (Lipinski definition) is 2. The molecular weight excluding hydrogens is 362 g/mol. The fourth-order valence-corrected chi connectivity index (χ4v) is 4.17. The molecule has 22 heavy (non-hydrogen) atoms. The van der Waals surface area contributed by atoms with Crippen molar-refractivity contribution in [1.82, 2.24) is 3.97 Å². The Bertz CT molecular complexity index is 925. The molecule has 0 amide bonds. The second-order valence-corrected chi connectivity index (χ2v) is 8.27. The number of halogens is 1. The van der Waals surface area contributed by atoms with Crippen LogP contribution in [0.3, 0.4) is 0 Å². The van der Waals surface area contributed by atoms with Crippen LogP contribution in [0.15, 0.2) is 64.1 Å². The average Bonchev–Trinajstić information content (AvgIpc) is 2.91. The molecule has 1 heterocycles. The molecule has 5 heteroatoms. The van der Waals surface area contributed by atoms with Gasteiger partial charge in [0.1, 0.15) is 0 Å². The first-order valence-corrected chi connectivity index (χ1v) is 9.25. The van der Waals surface area contributed by atoms with E-state index in [1.165, 1.54) is 3.97 Å². The van der Waals surface area contributed by atoms with E-state index < -0.39 is 10.0 Å². The Kier molecular flexibility index (Phi) is 3.87. The van der Waals surface area contributed by atoms with Crippen molar-refractivity contribution in [2.24, 2.45) is 0 Å². The summed E-state index contributed by atoms with van der Waals surface area (Å²) in [4.78, 5) is 0.303. The third kappa shape index (κ3) is 2.59. The molecule has 0 aliphatic rings. The van der Waals surface area contributed by atoms with E-state index in [1.54, 1.807) is 30.5 Å². The van der Waals surface area contributed by atoms with Crippen LogP contribution in [-0.4, -0.2) is 12.4 Å². The van der Waals surface area contributed by atoms with Crippen molar-refractivity contribution in [3.05, 3.63) is 64.8 Å². The average molecular weight is 378 g/mol. The highest BCUT2D eigenvalue weighted by Crippen LogP contribution is 2.25. The van der Waals surface area contributed by atoms with E-state index in [4.69, 9.17) is 0 Å². The summed E-state index contributed by atoms with van der Waals surface area (Å²) >= 11 is 3.40. The third-order valence-corrected chi connectivity index (χ3v) is 5.92. The summed E-state index contributed by atoms with van der Waals surface area (Å²) in [5, 5.41) is 0.886. The summed E-state index contributed by atoms with van der Waals surface area (Å²) in [7, 11) is -3.58. The third-order valence-electron chi connectivity index (χ3n) is 3.72. The molecule has 114 valence electrons. The number of benzene rings is 2. The van der Waals surface area contributed by atoms with Gasteiger partial charge in [-0.1, -0.05) is 41.9 Å². The molecule has 0 bridgehead atoms. The van der Waals surface area contributed by atoms with Gasteiger partial charge in [-0.2, -0.15) is 0 Å². The zero-order valence-electron chi connectivity index (χ0n) is 12.3. The van der Waals surface area contributed by atoms with Crippen LogP contribution in [0.2, 0.25) is 0 Å². The molecule has 1 aromatic heterocycles. The van der Waals surface area contributed by atoms with E-state index in [1.807, 2.05) is 24.3 Å². The van der Waals surface area contributed by atoms with Gasteiger partial charge in [-0.25, -0.2) is 12.4 Å². The van der Waals surface area contributed by atoms with Gasteiger partial charge in [0.05, 0.1) is 10.4 Å². The molecule has 0 saturated heterocycles. The van der Waals surface area contributed by atoms with Gasteiger partial charge in [0, 0.05) is 16.1 Å². The molecule has 0 saturated carbocycles. The van der Waals surface area contributed by atoms with Crippen LogP contribution in [0, 0.1) is 0 Å². The number of nitrogens with zero attached hydrogens (tertiary/aromatic N) is 1. The lowest BCUT2D eigenvalue weighted by molar-refractivity contribution is 0.589. The molecule has 0 aliphatic heterocycles. The Labute approximate surface area is 138 Å². The summed E-state index contributed by atoms with van der Waals surface area (Å²) in [6.45, 7) is 4.17. The number of aromatic nitrogens is 1. The molecule has 0 unspecified atom stereocenters. The fourth-order valence-electron chi connectivity index (χ4n) is 2.44. The predicted molar refractivity (Wildman–Crippen MR) is 92.8 cm³/mol. The maximum Gasteiger partial charge on any atom is 0.268 e. The summed E-state index contributed by atoms with van der Waals surface area (Å²) in [6.07, 6.45) is 1.60. The zero-order valence-corrected chi connectivity index (χ0v) is 14.7. The van der Waals surface area contributed by atoms with E-state index in [0.29, 0.717) is 16.3 Å². The molecule has 0 fully saturated rings. The topological polar surface area (TPSA) is 39.1 Å². The van der Waals surface area contributed by atoms with E-state index in [-0.39, 0.29) is 0 Å². The second-order valence-electron chi connectivity index (χ2n) is 5.54. The van der Waals surface area contributed by atoms with Crippen LogP contribution in [0.5, 0.6) is 0 Å². The molecule has 0 radical (unpaired) electrons. The minimum Gasteiger partial charge on any atom is -0.241 e. The molecule has 0 aliphatic carbocycles. The maximum absolute atomic E-state index is 12.8. The standard InChI is InChI=1S/C17H16BrNO2S/c1-12(2)13-3-6-16(7-4-13)22(20,21)19-10-9-14-11-15(18)5-8-17(14)19/h3-12H,1-2H3. The first kappa shape index (κ1) is 15.3. The predicted octanol–water partition coefficient (Wildman–Crippen LogP) is 4.76. The Morgan fingerprint density at radius 1 is 1.00 bits per heavy atom. The van der Waals surface area contributed by atoms with Gasteiger partial charge in [-0.15, -0.1) is 0 Å². The van der Waals surface area contributed by atoms with Gasteiger partial charge in [0.15, 0.2) is 0 Å². The Hall–Kier alpha value is -1.59. The molecule has 2 aromatic carbocycles. The van der Waals surface area contributed by atoms with Crippen molar-refractivity contribution >= 4 is 36.9 Å². The van der Waals surface area contributed by atoms with Crippen molar-refractivity contribution in [3.63, 3.8) is 0 Å². The lowest BCUT2D eigenvalue weighted by Crippen LogP contribution is -2.11. The van der Waals surface area contributed by atoms with Crippen LogP contribution in [0.25, 0.3) is 10.9 Å². The number of hydrogen-bond donors (Lipinski definition) is 0.